The normalized spacial score (nSPS) is 13.1. The Morgan fingerprint density at radius 2 is 2.20 bits per heavy atom. The highest BCUT2D eigenvalue weighted by Gasteiger charge is 2.15. The molecule has 0 bridgehead atoms. The van der Waals surface area contributed by atoms with Gasteiger partial charge in [-0.3, -0.25) is 9.69 Å². The molecule has 3 N–H and O–H groups in total. The Balaban J connectivity index is 3.89. The Labute approximate surface area is 91.9 Å². The van der Waals surface area contributed by atoms with Crippen molar-refractivity contribution in [3.63, 3.8) is 0 Å². The lowest BCUT2D eigenvalue weighted by Crippen LogP contribution is -2.48. The van der Waals surface area contributed by atoms with E-state index in [2.05, 4.69) is 17.1 Å². The number of hydrogen-bond donors (Lipinski definition) is 2. The zero-order valence-electron chi connectivity index (χ0n) is 9.95. The van der Waals surface area contributed by atoms with E-state index in [9.17, 15) is 4.79 Å². The third kappa shape index (κ3) is 6.43. The molecule has 0 aromatic heterocycles. The summed E-state index contributed by atoms with van der Waals surface area (Å²) in [4.78, 5) is 13.2. The summed E-state index contributed by atoms with van der Waals surface area (Å²) in [7, 11) is 1.74. The van der Waals surface area contributed by atoms with Crippen LogP contribution in [0.3, 0.4) is 0 Å². The van der Waals surface area contributed by atoms with Crippen LogP contribution in [-0.2, 0) is 9.53 Å². The molecule has 0 aliphatic carbocycles. The minimum absolute atomic E-state index is 0.286. The Morgan fingerprint density at radius 3 is 2.60 bits per heavy atom. The largest absolute Gasteiger partial charge is 0.380 e. The van der Waals surface area contributed by atoms with Gasteiger partial charge in [0.25, 0.3) is 0 Å². The molecule has 5 nitrogen and oxygen atoms in total. The van der Waals surface area contributed by atoms with Gasteiger partial charge in [-0.15, -0.1) is 0 Å². The summed E-state index contributed by atoms with van der Waals surface area (Å²) in [5.74, 6) is -0.313. The second-order valence-electron chi connectivity index (χ2n) is 3.33. The van der Waals surface area contributed by atoms with Crippen LogP contribution in [-0.4, -0.2) is 56.7 Å². The van der Waals surface area contributed by atoms with E-state index in [-0.39, 0.29) is 11.9 Å². The Bertz CT molecular complexity index is 176. The molecular weight excluding hydrogens is 194 g/mol. The van der Waals surface area contributed by atoms with Crippen LogP contribution >= 0.6 is 0 Å². The van der Waals surface area contributed by atoms with Crippen molar-refractivity contribution in [1.82, 2.24) is 10.2 Å². The van der Waals surface area contributed by atoms with Crippen molar-refractivity contribution in [1.29, 1.82) is 0 Å². The lowest BCUT2D eigenvalue weighted by Gasteiger charge is -2.24. The van der Waals surface area contributed by atoms with Crippen LogP contribution in [0.25, 0.3) is 0 Å². The second-order valence-corrected chi connectivity index (χ2v) is 3.33. The van der Waals surface area contributed by atoms with E-state index in [0.717, 1.165) is 19.7 Å². The van der Waals surface area contributed by atoms with Crippen LogP contribution in [0.4, 0.5) is 0 Å². The van der Waals surface area contributed by atoms with Crippen molar-refractivity contribution in [2.24, 2.45) is 5.73 Å². The van der Waals surface area contributed by atoms with Gasteiger partial charge in [0.05, 0.1) is 12.6 Å². The number of ether oxygens (including phenoxy) is 1. The van der Waals surface area contributed by atoms with Crippen molar-refractivity contribution >= 4 is 5.91 Å². The van der Waals surface area contributed by atoms with E-state index < -0.39 is 0 Å². The molecule has 15 heavy (non-hydrogen) atoms. The van der Waals surface area contributed by atoms with Gasteiger partial charge in [0, 0.05) is 19.7 Å². The van der Waals surface area contributed by atoms with Gasteiger partial charge in [-0.1, -0.05) is 6.92 Å². The van der Waals surface area contributed by atoms with E-state index in [1.807, 2.05) is 6.92 Å². The number of carbonyl (C=O) groups excluding carboxylic acids is 1. The Morgan fingerprint density at radius 1 is 1.53 bits per heavy atom. The van der Waals surface area contributed by atoms with Crippen LogP contribution < -0.4 is 11.1 Å². The quantitative estimate of drug-likeness (QED) is 0.507. The van der Waals surface area contributed by atoms with Crippen LogP contribution in [0.15, 0.2) is 0 Å². The molecule has 0 aliphatic rings. The number of primary amides is 1. The highest BCUT2D eigenvalue weighted by Crippen LogP contribution is 1.92. The first-order valence-electron chi connectivity index (χ1n) is 5.42. The first kappa shape index (κ1) is 14.3. The van der Waals surface area contributed by atoms with Gasteiger partial charge in [0.15, 0.2) is 0 Å². The smallest absolute Gasteiger partial charge is 0.235 e. The molecule has 0 saturated carbocycles. The average molecular weight is 217 g/mol. The predicted octanol–water partition coefficient (Wildman–Crippen LogP) is -0.582. The number of likely N-dealkylation sites (N-methyl/N-ethyl adjacent to an activating group) is 2. The number of carbonyl (C=O) groups is 1. The summed E-state index contributed by atoms with van der Waals surface area (Å²) in [5.41, 5.74) is 5.25. The van der Waals surface area contributed by atoms with Gasteiger partial charge in [-0.2, -0.15) is 0 Å². The number of amides is 1. The van der Waals surface area contributed by atoms with Gasteiger partial charge in [0.1, 0.15) is 0 Å². The number of nitrogens with one attached hydrogen (secondary N) is 1. The average Bonchev–Trinajstić information content (AvgIpc) is 2.22. The van der Waals surface area contributed by atoms with E-state index in [0.29, 0.717) is 13.2 Å². The summed E-state index contributed by atoms with van der Waals surface area (Å²) in [6, 6.07) is -0.286. The van der Waals surface area contributed by atoms with Crippen molar-refractivity contribution in [3.8, 4) is 0 Å². The zero-order valence-corrected chi connectivity index (χ0v) is 9.95. The number of hydrogen-bond acceptors (Lipinski definition) is 4. The van der Waals surface area contributed by atoms with Gasteiger partial charge in [-0.05, 0) is 20.5 Å². The maximum Gasteiger partial charge on any atom is 0.235 e. The fraction of sp³-hybridized carbons (Fsp3) is 0.900. The number of nitrogens with two attached hydrogens (primary N) is 1. The van der Waals surface area contributed by atoms with Gasteiger partial charge < -0.3 is 15.8 Å². The topological polar surface area (TPSA) is 67.6 Å². The predicted molar refractivity (Wildman–Crippen MR) is 60.6 cm³/mol. The third-order valence-corrected chi connectivity index (χ3v) is 2.34. The second kappa shape index (κ2) is 8.64. The minimum atomic E-state index is -0.313. The van der Waals surface area contributed by atoms with E-state index in [1.165, 1.54) is 0 Å². The van der Waals surface area contributed by atoms with Crippen LogP contribution in [0.1, 0.15) is 13.8 Å². The lowest BCUT2D eigenvalue weighted by atomic mass is 10.2. The third-order valence-electron chi connectivity index (χ3n) is 2.34. The molecule has 0 fully saturated rings. The molecular formula is C10H23N3O2. The summed E-state index contributed by atoms with van der Waals surface area (Å²) >= 11 is 0. The summed E-state index contributed by atoms with van der Waals surface area (Å²) in [6.45, 7) is 7.79. The van der Waals surface area contributed by atoms with Gasteiger partial charge in [0.2, 0.25) is 5.91 Å². The van der Waals surface area contributed by atoms with Crippen molar-refractivity contribution in [2.45, 2.75) is 19.9 Å². The van der Waals surface area contributed by atoms with E-state index >= 15 is 0 Å². The van der Waals surface area contributed by atoms with E-state index in [4.69, 9.17) is 10.5 Å². The standard InChI is InChI=1S/C10H23N3O2/c1-4-13(6-7-15-5-2)8-9(12-3)10(11)14/h9,12H,4-8H2,1-3H3,(H2,11,14). The Kier molecular flexibility index (Phi) is 8.27. The number of rotatable bonds is 9. The Hall–Kier alpha value is -0.650. The first-order valence-corrected chi connectivity index (χ1v) is 5.42. The molecule has 0 aromatic rings. The summed E-state index contributed by atoms with van der Waals surface area (Å²) < 4.78 is 5.26. The molecule has 0 aromatic carbocycles. The highest BCUT2D eigenvalue weighted by molar-refractivity contribution is 5.80. The molecule has 5 heteroatoms. The fourth-order valence-electron chi connectivity index (χ4n) is 1.30. The van der Waals surface area contributed by atoms with Crippen molar-refractivity contribution < 1.29 is 9.53 Å². The molecule has 0 heterocycles. The molecule has 0 rings (SSSR count). The first-order chi connectivity index (χ1) is 7.15. The molecule has 1 atom stereocenters. The summed E-state index contributed by atoms with van der Waals surface area (Å²) in [5, 5.41) is 2.90. The van der Waals surface area contributed by atoms with Crippen LogP contribution in [0.2, 0.25) is 0 Å². The molecule has 0 aliphatic heterocycles. The maximum atomic E-state index is 11.0. The molecule has 1 unspecified atom stereocenters. The molecule has 90 valence electrons. The van der Waals surface area contributed by atoms with Gasteiger partial charge in [-0.25, -0.2) is 0 Å². The highest BCUT2D eigenvalue weighted by atomic mass is 16.5. The van der Waals surface area contributed by atoms with Crippen LogP contribution in [0, 0.1) is 0 Å². The maximum absolute atomic E-state index is 11.0. The van der Waals surface area contributed by atoms with Crippen molar-refractivity contribution in [3.05, 3.63) is 0 Å². The fourth-order valence-corrected chi connectivity index (χ4v) is 1.30. The SMILES string of the molecule is CCOCCN(CC)CC(NC)C(N)=O. The lowest BCUT2D eigenvalue weighted by molar-refractivity contribution is -0.120. The molecule has 0 radical (unpaired) electrons. The monoisotopic (exact) mass is 217 g/mol. The number of nitrogens with zero attached hydrogens (tertiary/aromatic N) is 1. The van der Waals surface area contributed by atoms with Gasteiger partial charge >= 0.3 is 0 Å². The van der Waals surface area contributed by atoms with Crippen LogP contribution in [0.5, 0.6) is 0 Å². The zero-order chi connectivity index (χ0) is 11.7. The molecule has 1 amide bonds. The minimum Gasteiger partial charge on any atom is -0.380 e. The molecule has 0 spiro atoms. The van der Waals surface area contributed by atoms with E-state index in [1.54, 1.807) is 7.05 Å². The molecule has 0 saturated heterocycles. The van der Waals surface area contributed by atoms with Crippen molar-refractivity contribution in [2.75, 3.05) is 39.9 Å². The summed E-state index contributed by atoms with van der Waals surface area (Å²) in [6.07, 6.45) is 0.